The van der Waals surface area contributed by atoms with Gasteiger partial charge in [-0.15, -0.1) is 11.3 Å². The molecule has 3 rings (SSSR count). The van der Waals surface area contributed by atoms with E-state index in [4.69, 9.17) is 23.2 Å². The molecule has 1 aromatic carbocycles. The van der Waals surface area contributed by atoms with Crippen LogP contribution >= 0.6 is 34.5 Å². The Balaban J connectivity index is 1.85. The molecule has 2 amide bonds. The molecule has 0 saturated carbocycles. The van der Waals surface area contributed by atoms with E-state index < -0.39 is 0 Å². The summed E-state index contributed by atoms with van der Waals surface area (Å²) < 4.78 is 1.38. The number of aryl methyl sites for hydroxylation is 2. The molecule has 10 heteroatoms. The van der Waals surface area contributed by atoms with Crippen LogP contribution in [0.2, 0.25) is 10.0 Å². The SMILES string of the molecule is CCCN(CC(=O)Nc1ccc(Cl)cc1Cl)C(=O)c1sc2ncn(C)c(=O)c2c1C. The third-order valence-corrected chi connectivity index (χ3v) is 6.26. The number of carbonyl (C=O) groups excluding carboxylic acids is 2. The van der Waals surface area contributed by atoms with Crippen LogP contribution in [0.25, 0.3) is 10.2 Å². The Morgan fingerprint density at radius 3 is 2.70 bits per heavy atom. The van der Waals surface area contributed by atoms with Gasteiger partial charge in [-0.2, -0.15) is 0 Å². The number of carbonyl (C=O) groups is 2. The summed E-state index contributed by atoms with van der Waals surface area (Å²) in [6.45, 7) is 3.89. The largest absolute Gasteiger partial charge is 0.329 e. The number of thiophene rings is 1. The molecule has 0 unspecified atom stereocenters. The van der Waals surface area contributed by atoms with Gasteiger partial charge in [0.2, 0.25) is 5.91 Å². The summed E-state index contributed by atoms with van der Waals surface area (Å²) in [7, 11) is 1.61. The third-order valence-electron chi connectivity index (χ3n) is 4.53. The lowest BCUT2D eigenvalue weighted by atomic mass is 10.2. The van der Waals surface area contributed by atoms with Gasteiger partial charge in [-0.05, 0) is 37.1 Å². The highest BCUT2D eigenvalue weighted by atomic mass is 35.5. The number of halogens is 2. The Hall–Kier alpha value is -2.42. The molecule has 0 spiro atoms. The van der Waals surface area contributed by atoms with E-state index in [2.05, 4.69) is 10.3 Å². The minimum atomic E-state index is -0.381. The summed E-state index contributed by atoms with van der Waals surface area (Å²) in [6.07, 6.45) is 2.10. The fraction of sp³-hybridized carbons (Fsp3) is 0.300. The Labute approximate surface area is 187 Å². The van der Waals surface area contributed by atoms with Gasteiger partial charge in [-0.1, -0.05) is 30.1 Å². The topological polar surface area (TPSA) is 84.3 Å². The molecule has 0 fully saturated rings. The van der Waals surface area contributed by atoms with Crippen molar-refractivity contribution in [1.82, 2.24) is 14.5 Å². The number of nitrogens with zero attached hydrogens (tertiary/aromatic N) is 3. The van der Waals surface area contributed by atoms with Gasteiger partial charge in [0.05, 0.1) is 27.3 Å². The molecule has 7 nitrogen and oxygen atoms in total. The zero-order chi connectivity index (χ0) is 22.0. The highest BCUT2D eigenvalue weighted by molar-refractivity contribution is 7.20. The maximum atomic E-state index is 13.2. The lowest BCUT2D eigenvalue weighted by Gasteiger charge is -2.21. The van der Waals surface area contributed by atoms with E-state index in [1.165, 1.54) is 21.9 Å². The average molecular weight is 467 g/mol. The molecule has 0 bridgehead atoms. The maximum absolute atomic E-state index is 13.2. The van der Waals surface area contributed by atoms with Crippen molar-refractivity contribution < 1.29 is 9.59 Å². The summed E-state index contributed by atoms with van der Waals surface area (Å²) in [5, 5.41) is 3.91. The second-order valence-corrected chi connectivity index (χ2v) is 8.64. The van der Waals surface area contributed by atoms with Gasteiger partial charge in [0.1, 0.15) is 11.4 Å². The quantitative estimate of drug-likeness (QED) is 0.592. The van der Waals surface area contributed by atoms with E-state index >= 15 is 0 Å². The van der Waals surface area contributed by atoms with E-state index in [9.17, 15) is 14.4 Å². The van der Waals surface area contributed by atoms with Gasteiger partial charge in [0.15, 0.2) is 0 Å². The maximum Gasteiger partial charge on any atom is 0.264 e. The highest BCUT2D eigenvalue weighted by Crippen LogP contribution is 2.28. The molecule has 3 aromatic rings. The normalized spacial score (nSPS) is 11.0. The molecule has 0 atom stereocenters. The first-order chi connectivity index (χ1) is 14.2. The van der Waals surface area contributed by atoms with E-state index in [0.29, 0.717) is 49.4 Å². The van der Waals surface area contributed by atoms with E-state index in [0.717, 1.165) is 11.3 Å². The smallest absolute Gasteiger partial charge is 0.264 e. The number of hydrogen-bond donors (Lipinski definition) is 1. The van der Waals surface area contributed by atoms with Gasteiger partial charge in [-0.3, -0.25) is 14.4 Å². The van der Waals surface area contributed by atoms with Crippen LogP contribution in [0.1, 0.15) is 28.6 Å². The number of amides is 2. The van der Waals surface area contributed by atoms with Gasteiger partial charge >= 0.3 is 0 Å². The summed E-state index contributed by atoms with van der Waals surface area (Å²) in [4.78, 5) is 44.8. The standard InChI is InChI=1S/C20H20Cl2N4O3S/c1-4-7-26(9-15(27)24-14-6-5-12(21)8-13(14)22)20(29)17-11(2)16-18(30-17)23-10-25(3)19(16)28/h5-6,8,10H,4,7,9H2,1-3H3,(H,24,27). The molecule has 158 valence electrons. The third kappa shape index (κ3) is 4.50. The number of hydrogen-bond acceptors (Lipinski definition) is 5. The van der Waals surface area contributed by atoms with Crippen LogP contribution < -0.4 is 10.9 Å². The first-order valence-electron chi connectivity index (χ1n) is 9.21. The van der Waals surface area contributed by atoms with Crippen LogP contribution in [-0.4, -0.2) is 39.4 Å². The molecule has 1 N–H and O–H groups in total. The molecule has 0 aliphatic heterocycles. The Morgan fingerprint density at radius 2 is 2.03 bits per heavy atom. The number of fused-ring (bicyclic) bond motifs is 1. The van der Waals surface area contributed by atoms with Crippen molar-refractivity contribution in [2.45, 2.75) is 20.3 Å². The first-order valence-corrected chi connectivity index (χ1v) is 10.8. The predicted molar refractivity (Wildman–Crippen MR) is 121 cm³/mol. The van der Waals surface area contributed by atoms with Gasteiger partial charge in [-0.25, -0.2) is 4.98 Å². The van der Waals surface area contributed by atoms with Crippen molar-refractivity contribution >= 4 is 62.3 Å². The highest BCUT2D eigenvalue weighted by Gasteiger charge is 2.25. The molecule has 30 heavy (non-hydrogen) atoms. The zero-order valence-corrected chi connectivity index (χ0v) is 19.0. The van der Waals surface area contributed by atoms with Gasteiger partial charge < -0.3 is 14.8 Å². The number of nitrogens with one attached hydrogen (secondary N) is 1. The number of benzene rings is 1. The number of anilines is 1. The summed E-state index contributed by atoms with van der Waals surface area (Å²) in [5.41, 5.74) is 0.793. The molecule has 0 aliphatic rings. The molecule has 2 heterocycles. The molecule has 0 radical (unpaired) electrons. The Bertz CT molecular complexity index is 1190. The van der Waals surface area contributed by atoms with Crippen molar-refractivity contribution in [2.24, 2.45) is 7.05 Å². The van der Waals surface area contributed by atoms with Crippen LogP contribution in [0.5, 0.6) is 0 Å². The molecule has 2 aromatic heterocycles. The van der Waals surface area contributed by atoms with Crippen molar-refractivity contribution in [3.05, 3.63) is 55.4 Å². The minimum absolute atomic E-state index is 0.148. The van der Waals surface area contributed by atoms with Crippen LogP contribution in [0.4, 0.5) is 5.69 Å². The van der Waals surface area contributed by atoms with E-state index in [1.54, 1.807) is 26.1 Å². The molecule has 0 aliphatic carbocycles. The van der Waals surface area contributed by atoms with Crippen molar-refractivity contribution in [2.75, 3.05) is 18.4 Å². The van der Waals surface area contributed by atoms with Crippen LogP contribution in [0, 0.1) is 6.92 Å². The second kappa shape index (κ2) is 9.16. The summed E-state index contributed by atoms with van der Waals surface area (Å²) in [5.74, 6) is -0.689. The monoisotopic (exact) mass is 466 g/mol. The fourth-order valence-corrected chi connectivity index (χ4v) is 4.60. The Kier molecular flexibility index (Phi) is 6.80. The van der Waals surface area contributed by atoms with Crippen LogP contribution in [0.15, 0.2) is 29.3 Å². The van der Waals surface area contributed by atoms with E-state index in [-0.39, 0.29) is 23.9 Å². The predicted octanol–water partition coefficient (Wildman–Crippen LogP) is 4.10. The summed E-state index contributed by atoms with van der Waals surface area (Å²) in [6, 6.07) is 4.75. The number of aromatic nitrogens is 2. The number of rotatable bonds is 6. The first kappa shape index (κ1) is 22.3. The van der Waals surface area contributed by atoms with Crippen molar-refractivity contribution in [3.63, 3.8) is 0 Å². The fourth-order valence-electron chi connectivity index (χ4n) is 3.03. The second-order valence-electron chi connectivity index (χ2n) is 6.80. The van der Waals surface area contributed by atoms with Crippen molar-refractivity contribution in [1.29, 1.82) is 0 Å². The average Bonchev–Trinajstić information content (AvgIpc) is 3.03. The summed E-state index contributed by atoms with van der Waals surface area (Å²) >= 11 is 13.1. The Morgan fingerprint density at radius 1 is 1.30 bits per heavy atom. The molecular formula is C20H20Cl2N4O3S. The minimum Gasteiger partial charge on any atom is -0.329 e. The van der Waals surface area contributed by atoms with Crippen LogP contribution in [-0.2, 0) is 11.8 Å². The van der Waals surface area contributed by atoms with E-state index in [1.807, 2.05) is 6.92 Å². The lowest BCUT2D eigenvalue weighted by Crippen LogP contribution is -2.38. The van der Waals surface area contributed by atoms with Gasteiger partial charge in [0, 0.05) is 18.6 Å². The molecular weight excluding hydrogens is 447 g/mol. The lowest BCUT2D eigenvalue weighted by molar-refractivity contribution is -0.116. The van der Waals surface area contributed by atoms with Crippen LogP contribution in [0.3, 0.4) is 0 Å². The zero-order valence-electron chi connectivity index (χ0n) is 16.7. The van der Waals surface area contributed by atoms with Gasteiger partial charge in [0.25, 0.3) is 11.5 Å². The van der Waals surface area contributed by atoms with Crippen molar-refractivity contribution in [3.8, 4) is 0 Å². The molecule has 0 saturated heterocycles.